The van der Waals surface area contributed by atoms with Gasteiger partial charge in [-0.25, -0.2) is 0 Å². The van der Waals surface area contributed by atoms with Gasteiger partial charge in [-0.3, -0.25) is 0 Å². The minimum atomic E-state index is 0.472. The van der Waals surface area contributed by atoms with Gasteiger partial charge in [-0.2, -0.15) is 0 Å². The average molecular weight is 283 g/mol. The Hall–Kier alpha value is -0.0300. The lowest BCUT2D eigenvalue weighted by Gasteiger charge is -2.30. The molecule has 1 aromatic rings. The van der Waals surface area contributed by atoms with E-state index in [4.69, 9.17) is 4.74 Å². The maximum Gasteiger partial charge on any atom is 0.0649 e. The Balaban J connectivity index is 1.67. The number of ether oxygens (including phenoxy) is 1. The summed E-state index contributed by atoms with van der Waals surface area (Å²) < 4.78 is 6.98. The van der Waals surface area contributed by atoms with Gasteiger partial charge < -0.3 is 10.1 Å². The summed E-state index contributed by atoms with van der Waals surface area (Å²) in [6.45, 7) is 2.34. The van der Waals surface area contributed by atoms with Gasteiger partial charge in [0.25, 0.3) is 0 Å². The molecule has 1 aromatic heterocycles. The molecule has 2 nitrogen and oxygen atoms in total. The van der Waals surface area contributed by atoms with E-state index in [2.05, 4.69) is 23.7 Å². The van der Waals surface area contributed by atoms with Gasteiger partial charge in [0, 0.05) is 24.4 Å². The first-order valence-corrected chi connectivity index (χ1v) is 8.55. The SMILES string of the molecule is COC1CCC(NC2C[C@H](C)Sc3sccc32)C1. The molecule has 1 saturated carbocycles. The normalized spacial score (nSPS) is 35.7. The third-order valence-electron chi connectivity index (χ3n) is 4.06. The molecule has 0 saturated heterocycles. The van der Waals surface area contributed by atoms with Gasteiger partial charge in [-0.1, -0.05) is 6.92 Å². The minimum absolute atomic E-state index is 0.472. The minimum Gasteiger partial charge on any atom is -0.381 e. The molecule has 0 bridgehead atoms. The third-order valence-corrected chi connectivity index (χ3v) is 6.41. The summed E-state index contributed by atoms with van der Waals surface area (Å²) in [5.74, 6) is 0. The lowest BCUT2D eigenvalue weighted by atomic mass is 10.0. The van der Waals surface area contributed by atoms with E-state index >= 15 is 0 Å². The van der Waals surface area contributed by atoms with Gasteiger partial charge in [-0.05, 0) is 42.7 Å². The van der Waals surface area contributed by atoms with Crippen molar-refractivity contribution < 1.29 is 4.74 Å². The zero-order chi connectivity index (χ0) is 12.5. The molecule has 1 N–H and O–H groups in total. The molecule has 1 fully saturated rings. The molecule has 1 aliphatic heterocycles. The van der Waals surface area contributed by atoms with Crippen LogP contribution in [0.1, 0.15) is 44.2 Å². The first-order valence-electron chi connectivity index (χ1n) is 6.79. The van der Waals surface area contributed by atoms with Crippen LogP contribution in [0.2, 0.25) is 0 Å². The highest BCUT2D eigenvalue weighted by atomic mass is 32.2. The molecular weight excluding hydrogens is 262 g/mol. The Morgan fingerprint density at radius 3 is 3.00 bits per heavy atom. The summed E-state index contributed by atoms with van der Waals surface area (Å²) in [4.78, 5) is 0. The van der Waals surface area contributed by atoms with Crippen LogP contribution < -0.4 is 5.32 Å². The maximum atomic E-state index is 5.46. The molecule has 0 amide bonds. The first-order chi connectivity index (χ1) is 8.76. The Morgan fingerprint density at radius 1 is 1.33 bits per heavy atom. The van der Waals surface area contributed by atoms with E-state index in [0.29, 0.717) is 18.2 Å². The number of fused-ring (bicyclic) bond motifs is 1. The first kappa shape index (κ1) is 13.0. The summed E-state index contributed by atoms with van der Waals surface area (Å²) in [5, 5.41) is 6.83. The lowest BCUT2D eigenvalue weighted by Crippen LogP contribution is -2.34. The molecule has 2 aliphatic rings. The number of hydrogen-bond acceptors (Lipinski definition) is 4. The molecule has 3 unspecified atom stereocenters. The quantitative estimate of drug-likeness (QED) is 0.911. The van der Waals surface area contributed by atoms with Crippen molar-refractivity contribution in [1.29, 1.82) is 0 Å². The monoisotopic (exact) mass is 283 g/mol. The number of rotatable bonds is 3. The smallest absolute Gasteiger partial charge is 0.0649 e. The highest BCUT2D eigenvalue weighted by molar-refractivity contribution is 8.01. The predicted octanol–water partition coefficient (Wildman–Crippen LogP) is 3.83. The molecule has 3 rings (SSSR count). The predicted molar refractivity (Wildman–Crippen MR) is 78.6 cm³/mol. The van der Waals surface area contributed by atoms with E-state index in [0.717, 1.165) is 5.25 Å². The summed E-state index contributed by atoms with van der Waals surface area (Å²) in [6, 6.07) is 3.50. The second-order valence-corrected chi connectivity index (χ2v) is 8.04. The van der Waals surface area contributed by atoms with Gasteiger partial charge in [-0.15, -0.1) is 23.1 Å². The summed E-state index contributed by atoms with van der Waals surface area (Å²) in [5.41, 5.74) is 1.53. The maximum absolute atomic E-state index is 5.46. The summed E-state index contributed by atoms with van der Waals surface area (Å²) in [6.07, 6.45) is 5.37. The summed E-state index contributed by atoms with van der Waals surface area (Å²) in [7, 11) is 1.84. The van der Waals surface area contributed by atoms with Crippen LogP contribution in [0.5, 0.6) is 0 Å². The van der Waals surface area contributed by atoms with Crippen molar-refractivity contribution in [1.82, 2.24) is 5.32 Å². The van der Waals surface area contributed by atoms with E-state index in [1.165, 1.54) is 35.5 Å². The fraction of sp³-hybridized carbons (Fsp3) is 0.714. The van der Waals surface area contributed by atoms with E-state index < -0.39 is 0 Å². The second-order valence-electron chi connectivity index (χ2n) is 5.41. The highest BCUT2D eigenvalue weighted by Crippen LogP contribution is 2.44. The van der Waals surface area contributed by atoms with E-state index in [1.54, 1.807) is 0 Å². The zero-order valence-corrected chi connectivity index (χ0v) is 12.7. The van der Waals surface area contributed by atoms with Crippen molar-refractivity contribution in [3.8, 4) is 0 Å². The topological polar surface area (TPSA) is 21.3 Å². The van der Waals surface area contributed by atoms with Crippen LogP contribution in [0.15, 0.2) is 15.7 Å². The Labute approximate surface area is 117 Å². The van der Waals surface area contributed by atoms with Crippen molar-refractivity contribution in [3.05, 3.63) is 17.0 Å². The van der Waals surface area contributed by atoms with E-state index in [9.17, 15) is 0 Å². The van der Waals surface area contributed by atoms with Crippen LogP contribution in [-0.2, 0) is 4.74 Å². The molecule has 4 atom stereocenters. The van der Waals surface area contributed by atoms with Crippen LogP contribution >= 0.6 is 23.1 Å². The van der Waals surface area contributed by atoms with Crippen LogP contribution in [-0.4, -0.2) is 24.5 Å². The number of methoxy groups -OCH3 is 1. The lowest BCUT2D eigenvalue weighted by molar-refractivity contribution is 0.106. The van der Waals surface area contributed by atoms with Gasteiger partial charge in [0.2, 0.25) is 0 Å². The van der Waals surface area contributed by atoms with Crippen molar-refractivity contribution in [3.63, 3.8) is 0 Å². The number of thioether (sulfide) groups is 1. The molecule has 1 aliphatic carbocycles. The highest BCUT2D eigenvalue weighted by Gasteiger charge is 2.31. The molecular formula is C14H21NOS2. The Bertz CT molecular complexity index is 406. The van der Waals surface area contributed by atoms with E-state index in [-0.39, 0.29) is 0 Å². The van der Waals surface area contributed by atoms with Gasteiger partial charge in [0.15, 0.2) is 0 Å². The molecule has 2 heterocycles. The number of thiophene rings is 1. The van der Waals surface area contributed by atoms with Crippen molar-refractivity contribution >= 4 is 23.1 Å². The largest absolute Gasteiger partial charge is 0.381 e. The molecule has 0 spiro atoms. The van der Waals surface area contributed by atoms with Crippen molar-refractivity contribution in [2.24, 2.45) is 0 Å². The molecule has 0 aromatic carbocycles. The van der Waals surface area contributed by atoms with Gasteiger partial charge in [0.05, 0.1) is 10.3 Å². The Morgan fingerprint density at radius 2 is 2.22 bits per heavy atom. The fourth-order valence-electron chi connectivity index (χ4n) is 3.10. The number of nitrogens with one attached hydrogen (secondary N) is 1. The molecule has 100 valence electrons. The van der Waals surface area contributed by atoms with Crippen LogP contribution in [0.25, 0.3) is 0 Å². The van der Waals surface area contributed by atoms with Gasteiger partial charge in [0.1, 0.15) is 0 Å². The second kappa shape index (κ2) is 5.53. The number of hydrogen-bond donors (Lipinski definition) is 1. The third kappa shape index (κ3) is 2.62. The molecule has 4 heteroatoms. The van der Waals surface area contributed by atoms with Gasteiger partial charge >= 0.3 is 0 Å². The van der Waals surface area contributed by atoms with Crippen LogP contribution in [0.4, 0.5) is 0 Å². The molecule has 18 heavy (non-hydrogen) atoms. The van der Waals surface area contributed by atoms with Crippen molar-refractivity contribution in [2.45, 2.75) is 60.3 Å². The van der Waals surface area contributed by atoms with E-state index in [1.807, 2.05) is 30.2 Å². The van der Waals surface area contributed by atoms with Crippen LogP contribution in [0, 0.1) is 0 Å². The standard InChI is InChI=1S/C14H21NOS2/c1-9-7-13(12-5-6-17-14(12)18-9)15-10-3-4-11(8-10)16-2/h5-6,9-11,13,15H,3-4,7-8H2,1-2H3/t9-,10?,11?,13?/m0/s1. The summed E-state index contributed by atoms with van der Waals surface area (Å²) >= 11 is 3.93. The Kier molecular flexibility index (Phi) is 3.99. The fourth-order valence-corrected chi connectivity index (χ4v) is 5.66. The average Bonchev–Trinajstić information content (AvgIpc) is 2.97. The zero-order valence-electron chi connectivity index (χ0n) is 11.0. The molecule has 0 radical (unpaired) electrons. The van der Waals surface area contributed by atoms with Crippen molar-refractivity contribution in [2.75, 3.05) is 7.11 Å². The van der Waals surface area contributed by atoms with Crippen LogP contribution in [0.3, 0.4) is 0 Å².